The van der Waals surface area contributed by atoms with Gasteiger partial charge in [-0.15, -0.1) is 0 Å². The van der Waals surface area contributed by atoms with E-state index < -0.39 is 0 Å². The van der Waals surface area contributed by atoms with Crippen LogP contribution in [0.3, 0.4) is 0 Å². The number of ether oxygens (including phenoxy) is 1. The van der Waals surface area contributed by atoms with Crippen molar-refractivity contribution >= 4 is 5.69 Å². The van der Waals surface area contributed by atoms with Crippen LogP contribution in [0.5, 0.6) is 5.75 Å². The summed E-state index contributed by atoms with van der Waals surface area (Å²) in [4.78, 5) is 2.29. The first-order valence-corrected chi connectivity index (χ1v) is 6.72. The molecule has 3 heteroatoms. The van der Waals surface area contributed by atoms with Crippen molar-refractivity contribution in [3.8, 4) is 5.75 Å². The monoisotopic (exact) mass is 250 g/mol. The standard InChI is InChI=1S/C15H26N2O/c1-13(10-11-16)5-4-12-17(2)14-6-8-15(18-3)9-7-14/h6-9,13H,4-5,10-12,16H2,1-3H3. The summed E-state index contributed by atoms with van der Waals surface area (Å²) < 4.78 is 5.16. The number of nitrogens with zero attached hydrogens (tertiary/aromatic N) is 1. The molecule has 0 amide bonds. The van der Waals surface area contributed by atoms with Crippen LogP contribution in [0.4, 0.5) is 5.69 Å². The van der Waals surface area contributed by atoms with E-state index in [1.54, 1.807) is 7.11 Å². The van der Waals surface area contributed by atoms with E-state index in [0.717, 1.165) is 31.2 Å². The summed E-state index contributed by atoms with van der Waals surface area (Å²) in [6, 6.07) is 8.20. The SMILES string of the molecule is COc1ccc(N(C)CCCC(C)CCN)cc1. The van der Waals surface area contributed by atoms with Gasteiger partial charge in [-0.25, -0.2) is 0 Å². The summed E-state index contributed by atoms with van der Waals surface area (Å²) in [7, 11) is 3.83. The van der Waals surface area contributed by atoms with Crippen molar-refractivity contribution in [1.29, 1.82) is 0 Å². The van der Waals surface area contributed by atoms with E-state index in [1.807, 2.05) is 12.1 Å². The first-order chi connectivity index (χ1) is 8.67. The summed E-state index contributed by atoms with van der Waals surface area (Å²) >= 11 is 0. The fourth-order valence-corrected chi connectivity index (χ4v) is 2.07. The van der Waals surface area contributed by atoms with Gasteiger partial charge in [-0.3, -0.25) is 0 Å². The van der Waals surface area contributed by atoms with Gasteiger partial charge in [0.1, 0.15) is 5.75 Å². The van der Waals surface area contributed by atoms with E-state index in [4.69, 9.17) is 10.5 Å². The van der Waals surface area contributed by atoms with Crippen LogP contribution >= 0.6 is 0 Å². The van der Waals surface area contributed by atoms with Gasteiger partial charge >= 0.3 is 0 Å². The Morgan fingerprint density at radius 1 is 1.22 bits per heavy atom. The van der Waals surface area contributed by atoms with Crippen LogP contribution in [-0.4, -0.2) is 27.2 Å². The van der Waals surface area contributed by atoms with Gasteiger partial charge in [0.2, 0.25) is 0 Å². The Morgan fingerprint density at radius 2 is 1.89 bits per heavy atom. The molecule has 1 atom stereocenters. The first-order valence-electron chi connectivity index (χ1n) is 6.72. The Labute approximate surface area is 111 Å². The van der Waals surface area contributed by atoms with Crippen molar-refractivity contribution in [3.05, 3.63) is 24.3 Å². The molecule has 0 radical (unpaired) electrons. The first kappa shape index (κ1) is 14.8. The molecule has 0 saturated heterocycles. The molecule has 0 fully saturated rings. The zero-order valence-corrected chi connectivity index (χ0v) is 11.9. The van der Waals surface area contributed by atoms with Crippen LogP contribution in [0.1, 0.15) is 26.2 Å². The van der Waals surface area contributed by atoms with E-state index in [0.29, 0.717) is 0 Å². The van der Waals surface area contributed by atoms with Crippen molar-refractivity contribution in [2.45, 2.75) is 26.2 Å². The summed E-state index contributed by atoms with van der Waals surface area (Å²) in [6.07, 6.45) is 3.59. The predicted octanol–water partition coefficient (Wildman–Crippen LogP) is 2.90. The lowest BCUT2D eigenvalue weighted by Crippen LogP contribution is -2.19. The van der Waals surface area contributed by atoms with Crippen LogP contribution in [-0.2, 0) is 0 Å². The Balaban J connectivity index is 2.33. The lowest BCUT2D eigenvalue weighted by molar-refractivity contribution is 0.415. The second-order valence-corrected chi connectivity index (χ2v) is 4.94. The van der Waals surface area contributed by atoms with E-state index in [9.17, 15) is 0 Å². The number of rotatable bonds is 8. The van der Waals surface area contributed by atoms with Crippen LogP contribution in [0.2, 0.25) is 0 Å². The highest BCUT2D eigenvalue weighted by atomic mass is 16.5. The number of benzene rings is 1. The maximum Gasteiger partial charge on any atom is 0.119 e. The van der Waals surface area contributed by atoms with Crippen LogP contribution in [0, 0.1) is 5.92 Å². The minimum absolute atomic E-state index is 0.735. The van der Waals surface area contributed by atoms with E-state index in [-0.39, 0.29) is 0 Å². The maximum atomic E-state index is 5.56. The fourth-order valence-electron chi connectivity index (χ4n) is 2.07. The minimum atomic E-state index is 0.735. The Bertz CT molecular complexity index is 324. The number of anilines is 1. The van der Waals surface area contributed by atoms with Crippen molar-refractivity contribution in [2.24, 2.45) is 11.7 Å². The molecule has 1 aromatic carbocycles. The number of nitrogens with two attached hydrogens (primary N) is 1. The van der Waals surface area contributed by atoms with Crippen molar-refractivity contribution in [3.63, 3.8) is 0 Å². The number of hydrogen-bond acceptors (Lipinski definition) is 3. The third kappa shape index (κ3) is 4.96. The van der Waals surface area contributed by atoms with Gasteiger partial charge in [0.05, 0.1) is 7.11 Å². The van der Waals surface area contributed by atoms with Crippen LogP contribution < -0.4 is 15.4 Å². The highest BCUT2D eigenvalue weighted by Crippen LogP contribution is 2.19. The molecule has 102 valence electrons. The molecule has 0 aromatic heterocycles. The molecule has 0 saturated carbocycles. The molecular formula is C15H26N2O. The number of methoxy groups -OCH3 is 1. The lowest BCUT2D eigenvalue weighted by atomic mass is 10.0. The number of hydrogen-bond donors (Lipinski definition) is 1. The molecule has 0 spiro atoms. The lowest BCUT2D eigenvalue weighted by Gasteiger charge is -2.20. The largest absolute Gasteiger partial charge is 0.497 e. The van der Waals surface area contributed by atoms with Gasteiger partial charge < -0.3 is 15.4 Å². The highest BCUT2D eigenvalue weighted by molar-refractivity contribution is 5.48. The van der Waals surface area contributed by atoms with E-state index in [1.165, 1.54) is 18.5 Å². The van der Waals surface area contributed by atoms with Gasteiger partial charge in [-0.1, -0.05) is 6.92 Å². The molecule has 2 N–H and O–H groups in total. The molecule has 1 rings (SSSR count). The van der Waals surface area contributed by atoms with Crippen LogP contribution in [0.25, 0.3) is 0 Å². The summed E-state index contributed by atoms with van der Waals surface area (Å²) in [5.74, 6) is 1.64. The van der Waals surface area contributed by atoms with Gasteiger partial charge in [0.15, 0.2) is 0 Å². The molecule has 1 unspecified atom stereocenters. The van der Waals surface area contributed by atoms with Crippen molar-refractivity contribution < 1.29 is 4.74 Å². The highest BCUT2D eigenvalue weighted by Gasteiger charge is 2.04. The molecule has 0 aliphatic heterocycles. The third-order valence-electron chi connectivity index (χ3n) is 3.36. The molecule has 0 aliphatic rings. The topological polar surface area (TPSA) is 38.5 Å². The molecule has 0 heterocycles. The maximum absolute atomic E-state index is 5.56. The zero-order valence-electron chi connectivity index (χ0n) is 11.9. The average Bonchev–Trinajstić information content (AvgIpc) is 2.39. The van der Waals surface area contributed by atoms with Gasteiger partial charge in [0.25, 0.3) is 0 Å². The van der Waals surface area contributed by atoms with Gasteiger partial charge in [-0.2, -0.15) is 0 Å². The molecule has 0 aliphatic carbocycles. The molecule has 0 bridgehead atoms. The van der Waals surface area contributed by atoms with Crippen molar-refractivity contribution in [2.75, 3.05) is 32.1 Å². The van der Waals surface area contributed by atoms with Crippen molar-refractivity contribution in [1.82, 2.24) is 0 Å². The third-order valence-corrected chi connectivity index (χ3v) is 3.36. The van der Waals surface area contributed by atoms with Gasteiger partial charge in [-0.05, 0) is 56.0 Å². The molecule has 1 aromatic rings. The smallest absolute Gasteiger partial charge is 0.119 e. The predicted molar refractivity (Wildman–Crippen MR) is 78.3 cm³/mol. The molecular weight excluding hydrogens is 224 g/mol. The van der Waals surface area contributed by atoms with Crippen LogP contribution in [0.15, 0.2) is 24.3 Å². The van der Waals surface area contributed by atoms with Gasteiger partial charge in [0, 0.05) is 19.3 Å². The summed E-state index contributed by atoms with van der Waals surface area (Å²) in [5, 5.41) is 0. The normalized spacial score (nSPS) is 12.2. The Kier molecular flexibility index (Phi) is 6.58. The zero-order chi connectivity index (χ0) is 13.4. The Morgan fingerprint density at radius 3 is 2.44 bits per heavy atom. The molecule has 18 heavy (non-hydrogen) atoms. The Hall–Kier alpha value is -1.22. The second-order valence-electron chi connectivity index (χ2n) is 4.94. The quantitative estimate of drug-likeness (QED) is 0.771. The second kappa shape index (κ2) is 7.98. The summed E-state index contributed by atoms with van der Waals surface area (Å²) in [6.45, 7) is 4.16. The summed E-state index contributed by atoms with van der Waals surface area (Å²) in [5.41, 5.74) is 6.80. The van der Waals surface area contributed by atoms with E-state index in [2.05, 4.69) is 31.0 Å². The molecule has 3 nitrogen and oxygen atoms in total. The van der Waals surface area contributed by atoms with E-state index >= 15 is 0 Å². The minimum Gasteiger partial charge on any atom is -0.497 e. The average molecular weight is 250 g/mol. The fraction of sp³-hybridized carbons (Fsp3) is 0.600.